The van der Waals surface area contributed by atoms with E-state index in [0.29, 0.717) is 5.56 Å². The monoisotopic (exact) mass is 346 g/mol. The van der Waals surface area contributed by atoms with Crippen LogP contribution >= 0.6 is 0 Å². The largest absolute Gasteiger partial charge is 0.394 e. The second-order valence-electron chi connectivity index (χ2n) is 5.80. The first-order valence-corrected chi connectivity index (χ1v) is 7.75. The number of hydrogen-bond donors (Lipinski definition) is 3. The molecule has 0 bridgehead atoms. The number of amides is 1. The average molecular weight is 346 g/mol. The van der Waals surface area contributed by atoms with Crippen LogP contribution in [0.15, 0.2) is 35.4 Å². The molecule has 2 heterocycles. The number of rotatable bonds is 4. The molecule has 3 N–H and O–H groups in total. The number of carbonyl (C=O) groups excluding carboxylic acids is 1. The Hall–Kier alpha value is -2.62. The molecule has 0 spiro atoms. The minimum absolute atomic E-state index is 0.121. The molecule has 0 aliphatic carbocycles. The van der Waals surface area contributed by atoms with Crippen LogP contribution in [0.3, 0.4) is 0 Å². The first kappa shape index (κ1) is 17.2. The van der Waals surface area contributed by atoms with E-state index in [4.69, 9.17) is 9.84 Å². The van der Waals surface area contributed by atoms with Crippen LogP contribution in [-0.4, -0.2) is 49.5 Å². The number of aryl methyl sites for hydroxylation is 1. The van der Waals surface area contributed by atoms with Crippen molar-refractivity contribution in [3.8, 4) is 0 Å². The predicted molar refractivity (Wildman–Crippen MR) is 87.0 cm³/mol. The lowest BCUT2D eigenvalue weighted by atomic mass is 10.1. The number of hydrogen-bond acceptors (Lipinski definition) is 7. The van der Waals surface area contributed by atoms with Crippen molar-refractivity contribution in [3.63, 3.8) is 0 Å². The Bertz CT molecular complexity index is 820. The van der Waals surface area contributed by atoms with Crippen molar-refractivity contribution in [3.05, 3.63) is 52.2 Å². The average Bonchev–Trinajstić information content (AvgIpc) is 2.96. The fraction of sp³-hybridized carbons (Fsp3) is 0.375. The quantitative estimate of drug-likeness (QED) is 0.702. The van der Waals surface area contributed by atoms with Gasteiger partial charge in [-0.2, -0.15) is 4.98 Å². The van der Waals surface area contributed by atoms with Gasteiger partial charge in [-0.1, -0.05) is 17.7 Å². The highest BCUT2D eigenvalue weighted by Gasteiger charge is 2.35. The van der Waals surface area contributed by atoms with Crippen molar-refractivity contribution in [1.82, 2.24) is 14.5 Å². The molecule has 0 saturated carbocycles. The van der Waals surface area contributed by atoms with Gasteiger partial charge in [0.1, 0.15) is 18.7 Å². The van der Waals surface area contributed by atoms with Gasteiger partial charge in [0.25, 0.3) is 5.91 Å². The summed E-state index contributed by atoms with van der Waals surface area (Å²) in [6.45, 7) is 1.56. The lowest BCUT2D eigenvalue weighted by molar-refractivity contribution is -0.0462. The minimum atomic E-state index is -0.872. The molecular weight excluding hydrogens is 328 g/mol. The molecule has 9 nitrogen and oxygen atoms in total. The van der Waals surface area contributed by atoms with Crippen molar-refractivity contribution in [2.24, 2.45) is 0 Å². The number of aliphatic hydroxyl groups excluding tert-OH is 2. The molecule has 132 valence electrons. The lowest BCUT2D eigenvalue weighted by Crippen LogP contribution is -2.29. The van der Waals surface area contributed by atoms with E-state index >= 15 is 0 Å². The summed E-state index contributed by atoms with van der Waals surface area (Å²) in [5.41, 5.74) is 0.770. The summed E-state index contributed by atoms with van der Waals surface area (Å²) in [5.74, 6) is -0.547. The molecule has 0 unspecified atom stereocenters. The zero-order valence-electron chi connectivity index (χ0n) is 13.5. The third-order valence-electron chi connectivity index (χ3n) is 3.96. The first-order chi connectivity index (χ1) is 12.0. The molecule has 1 amide bonds. The summed E-state index contributed by atoms with van der Waals surface area (Å²) in [4.78, 5) is 31.9. The number of nitrogens with one attached hydrogen (secondary N) is 1. The number of nitrogens with zero attached hydrogens (tertiary/aromatic N) is 3. The third kappa shape index (κ3) is 3.73. The summed E-state index contributed by atoms with van der Waals surface area (Å²) < 4.78 is 6.50. The highest BCUT2D eigenvalue weighted by atomic mass is 16.5. The molecule has 1 fully saturated rings. The van der Waals surface area contributed by atoms with Crippen LogP contribution in [0.1, 0.15) is 28.6 Å². The number of ether oxygens (including phenoxy) is 1. The van der Waals surface area contributed by atoms with Crippen LogP contribution < -0.4 is 11.0 Å². The molecule has 25 heavy (non-hydrogen) atoms. The van der Waals surface area contributed by atoms with Crippen molar-refractivity contribution in [2.75, 3.05) is 11.9 Å². The number of anilines is 1. The van der Waals surface area contributed by atoms with Crippen LogP contribution in [-0.2, 0) is 4.74 Å². The number of carbonyl (C=O) groups is 1. The smallest absolute Gasteiger partial charge is 0.354 e. The fourth-order valence-corrected chi connectivity index (χ4v) is 2.53. The van der Waals surface area contributed by atoms with E-state index in [0.717, 1.165) is 10.1 Å². The molecule has 2 aromatic rings. The highest BCUT2D eigenvalue weighted by molar-refractivity contribution is 6.03. The summed E-state index contributed by atoms with van der Waals surface area (Å²) in [6.07, 6.45) is -1.05. The topological polar surface area (TPSA) is 127 Å². The number of aliphatic hydroxyl groups is 2. The van der Waals surface area contributed by atoms with Crippen molar-refractivity contribution in [2.45, 2.75) is 31.8 Å². The maximum Gasteiger partial charge on any atom is 0.354 e. The zero-order valence-corrected chi connectivity index (χ0v) is 13.5. The Kier molecular flexibility index (Phi) is 4.88. The summed E-state index contributed by atoms with van der Waals surface area (Å²) >= 11 is 0. The van der Waals surface area contributed by atoms with Gasteiger partial charge in [0.15, 0.2) is 0 Å². The Balaban J connectivity index is 1.73. The second-order valence-corrected chi connectivity index (χ2v) is 5.80. The van der Waals surface area contributed by atoms with E-state index < -0.39 is 30.0 Å². The van der Waals surface area contributed by atoms with E-state index in [1.807, 2.05) is 6.92 Å². The Morgan fingerprint density at radius 3 is 2.72 bits per heavy atom. The summed E-state index contributed by atoms with van der Waals surface area (Å²) in [7, 11) is 0. The van der Waals surface area contributed by atoms with E-state index in [1.54, 1.807) is 24.3 Å². The predicted octanol–water partition coefficient (Wildman–Crippen LogP) is -0.160. The second kappa shape index (κ2) is 7.09. The van der Waals surface area contributed by atoms with E-state index in [2.05, 4.69) is 15.3 Å². The maximum atomic E-state index is 12.1. The van der Waals surface area contributed by atoms with Gasteiger partial charge >= 0.3 is 5.69 Å². The van der Waals surface area contributed by atoms with E-state index in [9.17, 15) is 14.7 Å². The molecule has 1 aliphatic rings. The number of benzene rings is 1. The van der Waals surface area contributed by atoms with Crippen LogP contribution in [0, 0.1) is 6.92 Å². The fourth-order valence-electron chi connectivity index (χ4n) is 2.53. The Labute approximate surface area is 142 Å². The molecule has 1 aliphatic heterocycles. The molecule has 1 aromatic heterocycles. The first-order valence-electron chi connectivity index (χ1n) is 7.75. The summed E-state index contributed by atoms with van der Waals surface area (Å²) in [6, 6.07) is 6.92. The standard InChI is InChI=1S/C16H18N4O5/c1-9-2-4-10(5-3-9)14(23)18-15-17-8-20(16(24)19-15)13-6-11(22)12(7-21)25-13/h2-5,8,11-13,21-22H,6-7H2,1H3,(H,18,19,23,24)/t11-,12-,13-/m0/s1. The van der Waals surface area contributed by atoms with E-state index in [1.165, 1.54) is 6.33 Å². The van der Waals surface area contributed by atoms with Gasteiger partial charge in [-0.3, -0.25) is 14.7 Å². The van der Waals surface area contributed by atoms with Gasteiger partial charge in [0.05, 0.1) is 12.7 Å². The third-order valence-corrected chi connectivity index (χ3v) is 3.96. The summed E-state index contributed by atoms with van der Waals surface area (Å²) in [5, 5.41) is 21.3. The van der Waals surface area contributed by atoms with Gasteiger partial charge in [-0.15, -0.1) is 0 Å². The lowest BCUT2D eigenvalue weighted by Gasteiger charge is -2.14. The van der Waals surface area contributed by atoms with Gasteiger partial charge in [-0.25, -0.2) is 9.78 Å². The van der Waals surface area contributed by atoms with Crippen molar-refractivity contribution >= 4 is 11.9 Å². The van der Waals surface area contributed by atoms with Crippen LogP contribution in [0.25, 0.3) is 0 Å². The molecular formula is C16H18N4O5. The van der Waals surface area contributed by atoms with E-state index in [-0.39, 0.29) is 19.0 Å². The molecule has 0 radical (unpaired) electrons. The SMILES string of the molecule is Cc1ccc(C(=O)Nc2ncn([C@@H]3C[C@H](O)[C@H](CO)O3)c(=O)n2)cc1. The normalized spacial score (nSPS) is 22.8. The van der Waals surface area contributed by atoms with Crippen LogP contribution in [0.5, 0.6) is 0 Å². The molecule has 3 atom stereocenters. The minimum Gasteiger partial charge on any atom is -0.394 e. The van der Waals surface area contributed by atoms with Crippen LogP contribution in [0.4, 0.5) is 5.95 Å². The Morgan fingerprint density at radius 1 is 1.40 bits per heavy atom. The molecule has 1 saturated heterocycles. The maximum absolute atomic E-state index is 12.1. The van der Waals surface area contributed by atoms with Gasteiger partial charge in [0, 0.05) is 12.0 Å². The van der Waals surface area contributed by atoms with Gasteiger partial charge in [0.2, 0.25) is 5.95 Å². The van der Waals surface area contributed by atoms with Crippen LogP contribution in [0.2, 0.25) is 0 Å². The van der Waals surface area contributed by atoms with Crippen molar-refractivity contribution in [1.29, 1.82) is 0 Å². The zero-order chi connectivity index (χ0) is 18.0. The van der Waals surface area contributed by atoms with Crippen molar-refractivity contribution < 1.29 is 19.7 Å². The Morgan fingerprint density at radius 2 is 2.12 bits per heavy atom. The van der Waals surface area contributed by atoms with Gasteiger partial charge < -0.3 is 14.9 Å². The number of aromatic nitrogens is 3. The molecule has 3 rings (SSSR count). The molecule has 1 aromatic carbocycles. The molecule has 9 heteroatoms. The highest BCUT2D eigenvalue weighted by Crippen LogP contribution is 2.27. The van der Waals surface area contributed by atoms with Gasteiger partial charge in [-0.05, 0) is 19.1 Å².